The van der Waals surface area contributed by atoms with Gasteiger partial charge in [0.2, 0.25) is 0 Å². The van der Waals surface area contributed by atoms with Gasteiger partial charge in [-0.15, -0.1) is 11.3 Å². The second kappa shape index (κ2) is 4.27. The molecule has 4 nitrogen and oxygen atoms in total. The third-order valence-electron chi connectivity index (χ3n) is 4.14. The maximum absolute atomic E-state index is 12.7. The van der Waals surface area contributed by atoms with Crippen molar-refractivity contribution >= 4 is 21.4 Å². The van der Waals surface area contributed by atoms with E-state index >= 15 is 0 Å². The summed E-state index contributed by atoms with van der Waals surface area (Å²) in [4.78, 5) is 4.18. The number of rotatable bonds is 4. The highest BCUT2D eigenvalue weighted by Crippen LogP contribution is 2.52. The summed E-state index contributed by atoms with van der Waals surface area (Å²) in [5.41, 5.74) is 0.118. The molecule has 0 radical (unpaired) electrons. The van der Waals surface area contributed by atoms with E-state index in [9.17, 15) is 8.42 Å². The van der Waals surface area contributed by atoms with E-state index in [1.807, 2.05) is 6.92 Å². The molecule has 0 N–H and O–H groups in total. The molecule has 0 bridgehead atoms. The number of aromatic nitrogens is 1. The normalized spacial score (nSPS) is 27.2. The zero-order chi connectivity index (χ0) is 13.8. The smallest absolute Gasteiger partial charge is 0.248 e. The standard InChI is InChI=1S/C13H20N2O2S2/c1-4-10-14-7-11(18-10)19(16,17)15-8-13(2,3)12(15)9-5-6-9/h7,9,12H,4-6,8H2,1-3H3. The van der Waals surface area contributed by atoms with E-state index in [4.69, 9.17) is 0 Å². The van der Waals surface area contributed by atoms with Gasteiger partial charge in [-0.3, -0.25) is 0 Å². The van der Waals surface area contributed by atoms with E-state index < -0.39 is 10.0 Å². The van der Waals surface area contributed by atoms with Crippen LogP contribution in [0.2, 0.25) is 0 Å². The van der Waals surface area contributed by atoms with Crippen LogP contribution in [0.25, 0.3) is 0 Å². The van der Waals surface area contributed by atoms with Crippen molar-refractivity contribution in [3.63, 3.8) is 0 Å². The summed E-state index contributed by atoms with van der Waals surface area (Å²) in [6.07, 6.45) is 4.65. The minimum absolute atomic E-state index is 0.118. The number of sulfonamides is 1. The van der Waals surface area contributed by atoms with Crippen LogP contribution in [0, 0.1) is 11.3 Å². The Bertz CT molecular complexity index is 588. The van der Waals surface area contributed by atoms with Gasteiger partial charge < -0.3 is 0 Å². The highest BCUT2D eigenvalue weighted by Gasteiger charge is 2.57. The van der Waals surface area contributed by atoms with Crippen LogP contribution < -0.4 is 0 Å². The Labute approximate surface area is 118 Å². The maximum Gasteiger partial charge on any atom is 0.254 e. The van der Waals surface area contributed by atoms with Crippen LogP contribution in [-0.2, 0) is 16.4 Å². The fraction of sp³-hybridized carbons (Fsp3) is 0.769. The van der Waals surface area contributed by atoms with E-state index in [1.54, 1.807) is 4.31 Å². The molecular weight excluding hydrogens is 280 g/mol. The molecule has 2 aliphatic rings. The molecule has 0 amide bonds. The van der Waals surface area contributed by atoms with E-state index in [-0.39, 0.29) is 11.5 Å². The lowest BCUT2D eigenvalue weighted by atomic mass is 9.75. The second-order valence-corrected chi connectivity index (χ2v) is 9.48. The van der Waals surface area contributed by atoms with Gasteiger partial charge in [0.15, 0.2) is 4.21 Å². The first-order valence-corrected chi connectivity index (χ1v) is 9.08. The monoisotopic (exact) mass is 300 g/mol. The van der Waals surface area contributed by atoms with Gasteiger partial charge in [0.1, 0.15) is 0 Å². The number of hydrogen-bond acceptors (Lipinski definition) is 4. The predicted molar refractivity (Wildman–Crippen MR) is 75.7 cm³/mol. The summed E-state index contributed by atoms with van der Waals surface area (Å²) in [5, 5.41) is 0.890. The second-order valence-electron chi connectivity index (χ2n) is 6.25. The van der Waals surface area contributed by atoms with Gasteiger partial charge in [0.05, 0.1) is 11.2 Å². The van der Waals surface area contributed by atoms with Crippen molar-refractivity contribution in [2.75, 3.05) is 6.54 Å². The molecule has 19 heavy (non-hydrogen) atoms. The Kier molecular flexibility index (Phi) is 3.04. The van der Waals surface area contributed by atoms with Crippen LogP contribution in [0.5, 0.6) is 0 Å². The molecule has 1 aliphatic carbocycles. The summed E-state index contributed by atoms with van der Waals surface area (Å²) in [5.74, 6) is 0.567. The highest BCUT2D eigenvalue weighted by atomic mass is 32.2. The van der Waals surface area contributed by atoms with Crippen LogP contribution in [0.1, 0.15) is 38.6 Å². The molecule has 1 saturated heterocycles. The van der Waals surface area contributed by atoms with Crippen molar-refractivity contribution in [1.29, 1.82) is 0 Å². The molecule has 2 heterocycles. The molecule has 106 valence electrons. The van der Waals surface area contributed by atoms with Gasteiger partial charge >= 0.3 is 0 Å². The average molecular weight is 300 g/mol. The molecule has 0 aromatic carbocycles. The molecular formula is C13H20N2O2S2. The first kappa shape index (κ1) is 13.5. The Balaban J connectivity index is 1.88. The predicted octanol–water partition coefficient (Wildman–Crippen LogP) is 2.51. The summed E-state index contributed by atoms with van der Waals surface area (Å²) < 4.78 is 27.5. The molecule has 1 aliphatic heterocycles. The molecule has 3 rings (SSSR count). The minimum Gasteiger partial charge on any atom is -0.248 e. The minimum atomic E-state index is -3.33. The Morgan fingerprint density at radius 1 is 1.47 bits per heavy atom. The number of nitrogens with zero attached hydrogens (tertiary/aromatic N) is 2. The van der Waals surface area contributed by atoms with Crippen LogP contribution in [0.3, 0.4) is 0 Å². The highest BCUT2D eigenvalue weighted by molar-refractivity contribution is 7.91. The van der Waals surface area contributed by atoms with Crippen LogP contribution in [0.15, 0.2) is 10.4 Å². The largest absolute Gasteiger partial charge is 0.254 e. The van der Waals surface area contributed by atoms with Crippen molar-refractivity contribution in [2.45, 2.75) is 50.3 Å². The molecule has 1 aromatic heterocycles. The van der Waals surface area contributed by atoms with E-state index in [0.29, 0.717) is 16.7 Å². The molecule has 1 aromatic rings. The number of hydrogen-bond donors (Lipinski definition) is 0. The van der Waals surface area contributed by atoms with Gasteiger partial charge in [0, 0.05) is 12.6 Å². The topological polar surface area (TPSA) is 50.3 Å². The van der Waals surface area contributed by atoms with Crippen molar-refractivity contribution in [1.82, 2.24) is 9.29 Å². The van der Waals surface area contributed by atoms with Crippen molar-refractivity contribution in [3.8, 4) is 0 Å². The molecule has 1 saturated carbocycles. The van der Waals surface area contributed by atoms with Crippen LogP contribution >= 0.6 is 11.3 Å². The van der Waals surface area contributed by atoms with Gasteiger partial charge in [0.25, 0.3) is 10.0 Å². The number of aryl methyl sites for hydroxylation is 1. The molecule has 0 spiro atoms. The van der Waals surface area contributed by atoms with E-state index in [1.165, 1.54) is 30.4 Å². The lowest BCUT2D eigenvalue weighted by Gasteiger charge is -2.53. The summed E-state index contributed by atoms with van der Waals surface area (Å²) in [6.45, 7) is 6.98. The average Bonchev–Trinajstić information content (AvgIpc) is 3.00. The van der Waals surface area contributed by atoms with Crippen LogP contribution in [0.4, 0.5) is 0 Å². The fourth-order valence-electron chi connectivity index (χ4n) is 3.08. The van der Waals surface area contributed by atoms with Gasteiger partial charge in [-0.25, -0.2) is 13.4 Å². The van der Waals surface area contributed by atoms with Crippen molar-refractivity contribution in [2.24, 2.45) is 11.3 Å². The summed E-state index contributed by atoms with van der Waals surface area (Å²) >= 11 is 1.31. The SMILES string of the molecule is CCc1ncc(S(=O)(=O)N2CC(C)(C)C2C2CC2)s1. The molecule has 1 atom stereocenters. The Hall–Kier alpha value is -0.460. The summed E-state index contributed by atoms with van der Waals surface area (Å²) in [6, 6.07) is 0.185. The van der Waals surface area contributed by atoms with Crippen molar-refractivity contribution in [3.05, 3.63) is 11.2 Å². The molecule has 2 fully saturated rings. The van der Waals surface area contributed by atoms with Gasteiger partial charge in [-0.2, -0.15) is 4.31 Å². The third-order valence-corrected chi connectivity index (χ3v) is 7.55. The lowest BCUT2D eigenvalue weighted by molar-refractivity contribution is 0.00628. The first-order valence-electron chi connectivity index (χ1n) is 6.83. The maximum atomic E-state index is 12.7. The fourth-order valence-corrected chi connectivity index (χ4v) is 6.34. The first-order chi connectivity index (χ1) is 8.86. The van der Waals surface area contributed by atoms with Crippen LogP contribution in [-0.4, -0.2) is 30.3 Å². The van der Waals surface area contributed by atoms with E-state index in [0.717, 1.165) is 11.4 Å². The Morgan fingerprint density at radius 2 is 2.16 bits per heavy atom. The van der Waals surface area contributed by atoms with E-state index in [2.05, 4.69) is 18.8 Å². The zero-order valence-corrected chi connectivity index (χ0v) is 13.2. The third kappa shape index (κ3) is 2.14. The lowest BCUT2D eigenvalue weighted by Crippen LogP contribution is -2.64. The summed E-state index contributed by atoms with van der Waals surface area (Å²) in [7, 11) is -3.33. The molecule has 1 unspecified atom stereocenters. The quantitative estimate of drug-likeness (QED) is 0.858. The van der Waals surface area contributed by atoms with Gasteiger partial charge in [-0.05, 0) is 30.6 Å². The van der Waals surface area contributed by atoms with Gasteiger partial charge in [-0.1, -0.05) is 20.8 Å². The number of thiazole rings is 1. The Morgan fingerprint density at radius 3 is 2.63 bits per heavy atom. The van der Waals surface area contributed by atoms with Crippen molar-refractivity contribution < 1.29 is 8.42 Å². The zero-order valence-electron chi connectivity index (χ0n) is 11.6. The molecule has 6 heteroatoms.